The summed E-state index contributed by atoms with van der Waals surface area (Å²) in [7, 11) is 0. The highest BCUT2D eigenvalue weighted by atomic mass is 16.5. The van der Waals surface area contributed by atoms with E-state index in [4.69, 9.17) is 0 Å². The average molecular weight is 291 g/mol. The van der Waals surface area contributed by atoms with Crippen LogP contribution < -0.4 is 15.9 Å². The second kappa shape index (κ2) is 6.76. The lowest BCUT2D eigenvalue weighted by Crippen LogP contribution is -2.96. The summed E-state index contributed by atoms with van der Waals surface area (Å²) in [5, 5.41) is 12.4. The first-order valence-corrected chi connectivity index (χ1v) is 7.10. The van der Waals surface area contributed by atoms with Crippen LogP contribution in [0.5, 0.6) is 0 Å². The van der Waals surface area contributed by atoms with Gasteiger partial charge in [-0.25, -0.2) is 0 Å². The Hall–Kier alpha value is -2.82. The molecule has 22 heavy (non-hydrogen) atoms. The number of rotatable bonds is 5. The molecule has 0 saturated carbocycles. The quantitative estimate of drug-likeness (QED) is 0.631. The molecule has 0 bridgehead atoms. The molecule has 3 rings (SSSR count). The molecule has 0 fully saturated rings. The monoisotopic (exact) mass is 291 g/mol. The maximum absolute atomic E-state index is 12.4. The molecule has 0 aliphatic heterocycles. The number of hydrogen-bond donors (Lipinski definition) is 3. The molecule has 1 atom stereocenters. The molecular weight excluding hydrogens is 274 g/mol. The highest BCUT2D eigenvalue weighted by molar-refractivity contribution is 5.56. The molecule has 4 nitrogen and oxygen atoms in total. The van der Waals surface area contributed by atoms with Crippen LogP contribution in [0, 0.1) is 5.21 Å². The minimum Gasteiger partial charge on any atom is -0.623 e. The molecule has 0 spiro atoms. The molecule has 0 amide bonds. The van der Waals surface area contributed by atoms with Crippen LogP contribution in [0.15, 0.2) is 84.9 Å². The molecular formula is C18H17N3O. The topological polar surface area (TPSA) is 51.6 Å². The van der Waals surface area contributed by atoms with E-state index < -0.39 is 0 Å². The fourth-order valence-electron chi connectivity index (χ4n) is 2.16. The molecule has 0 heterocycles. The Morgan fingerprint density at radius 2 is 1.14 bits per heavy atom. The number of para-hydroxylation sites is 2. The minimum absolute atomic E-state index is 0.0176. The van der Waals surface area contributed by atoms with Crippen LogP contribution in [0.2, 0.25) is 0 Å². The van der Waals surface area contributed by atoms with E-state index in [1.54, 1.807) is 0 Å². The van der Waals surface area contributed by atoms with Gasteiger partial charge in [-0.1, -0.05) is 42.5 Å². The van der Waals surface area contributed by atoms with Crippen LogP contribution in [0.4, 0.5) is 22.7 Å². The number of benzene rings is 3. The largest absolute Gasteiger partial charge is 0.623 e. The van der Waals surface area contributed by atoms with Gasteiger partial charge < -0.3 is 21.1 Å². The molecule has 0 aliphatic carbocycles. The third-order valence-corrected chi connectivity index (χ3v) is 3.29. The van der Waals surface area contributed by atoms with Crippen molar-refractivity contribution in [3.63, 3.8) is 0 Å². The number of hydrogen-bond acceptors (Lipinski definition) is 3. The van der Waals surface area contributed by atoms with Gasteiger partial charge in [0, 0.05) is 6.07 Å². The smallest absolute Gasteiger partial charge is 0.138 e. The van der Waals surface area contributed by atoms with Crippen molar-refractivity contribution in [3.05, 3.63) is 90.1 Å². The standard InChI is InChI=1S/C18H17N3O/c22-21(17-11-5-2-6-12-17)18-13-7-10-16(14-18)20-19-15-8-3-1-4-9-15/h1-14,19-21H. The molecule has 3 N–H and O–H groups in total. The average Bonchev–Trinajstić information content (AvgIpc) is 2.61. The van der Waals surface area contributed by atoms with E-state index in [9.17, 15) is 5.21 Å². The predicted octanol–water partition coefficient (Wildman–Crippen LogP) is 3.47. The van der Waals surface area contributed by atoms with Gasteiger partial charge in [-0.3, -0.25) is 0 Å². The van der Waals surface area contributed by atoms with E-state index in [-0.39, 0.29) is 5.06 Å². The van der Waals surface area contributed by atoms with Gasteiger partial charge in [-0.15, -0.1) is 0 Å². The number of nitrogens with one attached hydrogen (secondary N) is 3. The third-order valence-electron chi connectivity index (χ3n) is 3.29. The molecule has 0 aromatic heterocycles. The predicted molar refractivity (Wildman–Crippen MR) is 90.2 cm³/mol. The molecule has 3 aromatic rings. The van der Waals surface area contributed by atoms with Crippen molar-refractivity contribution in [3.8, 4) is 0 Å². The van der Waals surface area contributed by atoms with Crippen LogP contribution in [0.3, 0.4) is 0 Å². The Labute approximate surface area is 129 Å². The van der Waals surface area contributed by atoms with E-state index in [1.165, 1.54) is 0 Å². The van der Waals surface area contributed by atoms with Crippen molar-refractivity contribution in [2.24, 2.45) is 0 Å². The lowest BCUT2D eigenvalue weighted by atomic mass is 10.2. The first kappa shape index (κ1) is 14.1. The lowest BCUT2D eigenvalue weighted by molar-refractivity contribution is -0.698. The van der Waals surface area contributed by atoms with Gasteiger partial charge in [0.2, 0.25) is 0 Å². The van der Waals surface area contributed by atoms with Gasteiger partial charge in [0.15, 0.2) is 0 Å². The van der Waals surface area contributed by atoms with Crippen molar-refractivity contribution in [2.75, 3.05) is 10.9 Å². The Kier molecular flexibility index (Phi) is 4.34. The van der Waals surface area contributed by atoms with Crippen molar-refractivity contribution in [1.29, 1.82) is 0 Å². The summed E-state index contributed by atoms with van der Waals surface area (Å²) >= 11 is 0. The molecule has 3 aromatic carbocycles. The van der Waals surface area contributed by atoms with E-state index >= 15 is 0 Å². The van der Waals surface area contributed by atoms with Crippen molar-refractivity contribution >= 4 is 22.7 Å². The first-order valence-electron chi connectivity index (χ1n) is 7.10. The van der Waals surface area contributed by atoms with E-state index in [0.717, 1.165) is 11.4 Å². The SMILES string of the molecule is [O-][NH+](c1ccccc1)c1cccc(NNc2ccccc2)c1. The fourth-order valence-corrected chi connectivity index (χ4v) is 2.16. The molecule has 0 aliphatic rings. The first-order chi connectivity index (χ1) is 10.8. The van der Waals surface area contributed by atoms with Gasteiger partial charge >= 0.3 is 0 Å². The highest BCUT2D eigenvalue weighted by Crippen LogP contribution is 2.15. The van der Waals surface area contributed by atoms with E-state index in [2.05, 4.69) is 10.9 Å². The second-order valence-corrected chi connectivity index (χ2v) is 4.89. The summed E-state index contributed by atoms with van der Waals surface area (Å²) in [6.45, 7) is 0. The van der Waals surface area contributed by atoms with Gasteiger partial charge in [0.05, 0.1) is 11.4 Å². The zero-order valence-electron chi connectivity index (χ0n) is 12.0. The third kappa shape index (κ3) is 3.44. The van der Waals surface area contributed by atoms with Crippen LogP contribution in [0.25, 0.3) is 0 Å². The lowest BCUT2D eigenvalue weighted by Gasteiger charge is -2.22. The maximum atomic E-state index is 12.4. The number of hydrazine groups is 1. The Morgan fingerprint density at radius 3 is 1.86 bits per heavy atom. The minimum atomic E-state index is 0.0176. The summed E-state index contributed by atoms with van der Waals surface area (Å²) in [6.07, 6.45) is 0. The van der Waals surface area contributed by atoms with Crippen LogP contribution in [0.1, 0.15) is 0 Å². The van der Waals surface area contributed by atoms with E-state index in [0.29, 0.717) is 11.4 Å². The summed E-state index contributed by atoms with van der Waals surface area (Å²) < 4.78 is 0. The highest BCUT2D eigenvalue weighted by Gasteiger charge is 2.06. The van der Waals surface area contributed by atoms with Gasteiger partial charge in [0.25, 0.3) is 0 Å². The van der Waals surface area contributed by atoms with Crippen molar-refractivity contribution in [2.45, 2.75) is 0 Å². The van der Waals surface area contributed by atoms with Crippen LogP contribution in [-0.2, 0) is 0 Å². The Balaban J connectivity index is 1.72. The summed E-state index contributed by atoms with van der Waals surface area (Å²) in [5.74, 6) is 0. The molecule has 0 radical (unpaired) electrons. The van der Waals surface area contributed by atoms with Gasteiger partial charge in [0.1, 0.15) is 11.4 Å². The Morgan fingerprint density at radius 1 is 0.591 bits per heavy atom. The molecule has 0 saturated heterocycles. The summed E-state index contributed by atoms with van der Waals surface area (Å²) in [5.41, 5.74) is 9.36. The summed E-state index contributed by atoms with van der Waals surface area (Å²) in [6, 6.07) is 26.5. The second-order valence-electron chi connectivity index (χ2n) is 4.89. The Bertz CT molecular complexity index is 717. The fraction of sp³-hybridized carbons (Fsp3) is 0. The normalized spacial score (nSPS) is 11.7. The zero-order valence-corrected chi connectivity index (χ0v) is 12.0. The number of anilines is 2. The van der Waals surface area contributed by atoms with E-state index in [1.807, 2.05) is 84.9 Å². The van der Waals surface area contributed by atoms with Gasteiger partial charge in [-0.2, -0.15) is 0 Å². The molecule has 4 heteroatoms. The maximum Gasteiger partial charge on any atom is 0.138 e. The van der Waals surface area contributed by atoms with Crippen LogP contribution >= 0.6 is 0 Å². The molecule has 110 valence electrons. The molecule has 1 unspecified atom stereocenters. The van der Waals surface area contributed by atoms with Gasteiger partial charge in [-0.05, 0) is 36.4 Å². The van der Waals surface area contributed by atoms with Crippen molar-refractivity contribution in [1.82, 2.24) is 0 Å². The number of quaternary nitrogens is 1. The van der Waals surface area contributed by atoms with Crippen LogP contribution in [-0.4, -0.2) is 0 Å². The summed E-state index contributed by atoms with van der Waals surface area (Å²) in [4.78, 5) is 0. The zero-order chi connectivity index (χ0) is 15.2. The van der Waals surface area contributed by atoms with Crippen molar-refractivity contribution < 1.29 is 5.06 Å².